The van der Waals surface area contributed by atoms with Crippen molar-refractivity contribution < 1.29 is 0 Å². The highest BCUT2D eigenvalue weighted by Gasteiger charge is 2.17. The van der Waals surface area contributed by atoms with Gasteiger partial charge >= 0.3 is 0 Å². The van der Waals surface area contributed by atoms with Crippen LogP contribution in [-0.2, 0) is 0 Å². The van der Waals surface area contributed by atoms with Gasteiger partial charge in [-0.3, -0.25) is 0 Å². The summed E-state index contributed by atoms with van der Waals surface area (Å²) in [7, 11) is 1.94. The van der Waals surface area contributed by atoms with Crippen LogP contribution in [0.15, 0.2) is 42.6 Å². The highest BCUT2D eigenvalue weighted by Crippen LogP contribution is 2.30. The molecular weight excluding hydrogens is 258 g/mol. The summed E-state index contributed by atoms with van der Waals surface area (Å²) in [5.41, 5.74) is 2.25. The summed E-state index contributed by atoms with van der Waals surface area (Å²) in [4.78, 5) is 6.09. The van der Waals surface area contributed by atoms with Crippen molar-refractivity contribution in [3.63, 3.8) is 0 Å². The van der Waals surface area contributed by atoms with E-state index in [2.05, 4.69) is 18.0 Å². The van der Waals surface area contributed by atoms with Gasteiger partial charge in [-0.15, -0.1) is 0 Å². The largest absolute Gasteiger partial charge is 0.365 e. The predicted molar refractivity (Wildman–Crippen MR) is 77.2 cm³/mol. The predicted octanol–water partition coefficient (Wildman–Crippen LogP) is 3.80. The first kappa shape index (κ1) is 13.4. The van der Waals surface area contributed by atoms with Gasteiger partial charge in [-0.2, -0.15) is 5.26 Å². The molecule has 0 radical (unpaired) electrons. The minimum absolute atomic E-state index is 0.0602. The molecule has 1 unspecified atom stereocenters. The van der Waals surface area contributed by atoms with Crippen LogP contribution in [-0.4, -0.2) is 12.0 Å². The number of halogens is 1. The fourth-order valence-electron chi connectivity index (χ4n) is 2.00. The van der Waals surface area contributed by atoms with E-state index in [1.807, 2.05) is 48.3 Å². The maximum absolute atomic E-state index is 9.11. The van der Waals surface area contributed by atoms with Crippen molar-refractivity contribution in [3.8, 4) is 6.07 Å². The van der Waals surface area contributed by atoms with E-state index in [-0.39, 0.29) is 6.04 Å². The fraction of sp³-hybridized carbons (Fsp3) is 0.200. The number of pyridine rings is 1. The molecule has 1 atom stereocenters. The first-order chi connectivity index (χ1) is 9.15. The van der Waals surface area contributed by atoms with Crippen LogP contribution < -0.4 is 4.90 Å². The Morgan fingerprint density at radius 2 is 2.00 bits per heavy atom. The molecule has 0 saturated carbocycles. The van der Waals surface area contributed by atoms with Crippen LogP contribution in [0, 0.1) is 11.3 Å². The maximum Gasteiger partial charge on any atom is 0.163 e. The lowest BCUT2D eigenvalue weighted by molar-refractivity contribution is 0.737. The lowest BCUT2D eigenvalue weighted by atomic mass is 10.1. The van der Waals surface area contributed by atoms with Crippen molar-refractivity contribution in [2.75, 3.05) is 11.9 Å². The summed E-state index contributed by atoms with van der Waals surface area (Å²) < 4.78 is 0. The third-order valence-corrected chi connectivity index (χ3v) is 3.55. The summed E-state index contributed by atoms with van der Waals surface area (Å²) >= 11 is 6.22. The lowest BCUT2D eigenvalue weighted by Gasteiger charge is -2.28. The van der Waals surface area contributed by atoms with Crippen LogP contribution in [0.25, 0.3) is 0 Å². The lowest BCUT2D eigenvalue weighted by Crippen LogP contribution is -2.23. The van der Waals surface area contributed by atoms with Gasteiger partial charge in [-0.25, -0.2) is 4.98 Å². The normalized spacial score (nSPS) is 11.7. The topological polar surface area (TPSA) is 39.9 Å². The molecule has 19 heavy (non-hydrogen) atoms. The smallest absolute Gasteiger partial charge is 0.163 e. The molecule has 2 rings (SSSR count). The minimum Gasteiger partial charge on any atom is -0.365 e. The molecule has 96 valence electrons. The molecule has 4 heteroatoms. The van der Waals surface area contributed by atoms with Crippen LogP contribution in [0.4, 0.5) is 5.69 Å². The second-order valence-corrected chi connectivity index (χ2v) is 4.70. The Morgan fingerprint density at radius 3 is 2.68 bits per heavy atom. The Kier molecular flexibility index (Phi) is 4.03. The maximum atomic E-state index is 9.11. The van der Waals surface area contributed by atoms with Gasteiger partial charge < -0.3 is 4.90 Å². The van der Waals surface area contributed by atoms with Gasteiger partial charge in [-0.1, -0.05) is 29.8 Å². The zero-order valence-corrected chi connectivity index (χ0v) is 11.6. The fourth-order valence-corrected chi connectivity index (χ4v) is 2.29. The molecular formula is C15H14ClN3. The molecule has 0 fully saturated rings. The number of aromatic nitrogens is 1. The van der Waals surface area contributed by atoms with Gasteiger partial charge in [-0.05, 0) is 30.7 Å². The molecule has 1 aromatic carbocycles. The second-order valence-electron chi connectivity index (χ2n) is 4.29. The van der Waals surface area contributed by atoms with Crippen molar-refractivity contribution in [2.24, 2.45) is 0 Å². The van der Waals surface area contributed by atoms with Crippen LogP contribution >= 0.6 is 11.6 Å². The summed E-state index contributed by atoms with van der Waals surface area (Å²) in [6, 6.07) is 13.6. The molecule has 0 saturated heterocycles. The molecule has 3 nitrogen and oxygen atoms in total. The number of anilines is 1. The first-order valence-electron chi connectivity index (χ1n) is 5.97. The molecule has 0 amide bonds. The number of nitrogens with zero attached hydrogens (tertiary/aromatic N) is 3. The Morgan fingerprint density at radius 1 is 1.26 bits per heavy atom. The van der Waals surface area contributed by atoms with Crippen LogP contribution in [0.1, 0.15) is 24.2 Å². The van der Waals surface area contributed by atoms with Gasteiger partial charge in [0.2, 0.25) is 0 Å². The average molecular weight is 272 g/mol. The first-order valence-corrected chi connectivity index (χ1v) is 6.35. The van der Waals surface area contributed by atoms with Gasteiger partial charge in [0.25, 0.3) is 0 Å². The van der Waals surface area contributed by atoms with E-state index in [0.717, 1.165) is 16.3 Å². The Balaban J connectivity index is 2.37. The zero-order valence-electron chi connectivity index (χ0n) is 10.8. The summed E-state index contributed by atoms with van der Waals surface area (Å²) in [6.07, 6.45) is 1.62. The van der Waals surface area contributed by atoms with E-state index in [0.29, 0.717) is 5.69 Å². The minimum atomic E-state index is 0.0602. The second kappa shape index (κ2) is 5.73. The third-order valence-electron chi connectivity index (χ3n) is 3.21. The standard InChI is InChI=1S/C15H14ClN3/c1-11(12-6-3-4-7-13(12)16)19(2)15-8-5-9-18-14(15)10-17/h3-9,11H,1-2H3. The molecule has 0 N–H and O–H groups in total. The highest BCUT2D eigenvalue weighted by atomic mass is 35.5. The Labute approximate surface area is 118 Å². The Hall–Kier alpha value is -2.05. The molecule has 1 heterocycles. The molecule has 0 aliphatic heterocycles. The van der Waals surface area contributed by atoms with Crippen molar-refractivity contribution in [2.45, 2.75) is 13.0 Å². The van der Waals surface area contributed by atoms with E-state index in [1.54, 1.807) is 6.20 Å². The molecule has 0 spiro atoms. The van der Waals surface area contributed by atoms with Gasteiger partial charge in [0.05, 0.1) is 11.7 Å². The van der Waals surface area contributed by atoms with Crippen molar-refractivity contribution in [1.29, 1.82) is 5.26 Å². The quantitative estimate of drug-likeness (QED) is 0.852. The molecule has 2 aromatic rings. The number of benzene rings is 1. The van der Waals surface area contributed by atoms with E-state index < -0.39 is 0 Å². The third kappa shape index (κ3) is 2.69. The van der Waals surface area contributed by atoms with E-state index in [9.17, 15) is 0 Å². The van der Waals surface area contributed by atoms with Crippen LogP contribution in [0.3, 0.4) is 0 Å². The number of rotatable bonds is 3. The van der Waals surface area contributed by atoms with Crippen LogP contribution in [0.5, 0.6) is 0 Å². The average Bonchev–Trinajstić information content (AvgIpc) is 2.46. The number of hydrogen-bond donors (Lipinski definition) is 0. The van der Waals surface area contributed by atoms with E-state index >= 15 is 0 Å². The summed E-state index contributed by atoms with van der Waals surface area (Å²) in [6.45, 7) is 2.05. The van der Waals surface area contributed by atoms with E-state index in [1.165, 1.54) is 0 Å². The molecule has 1 aromatic heterocycles. The van der Waals surface area contributed by atoms with Crippen molar-refractivity contribution in [3.05, 3.63) is 58.9 Å². The molecule has 0 aliphatic carbocycles. The monoisotopic (exact) mass is 271 g/mol. The van der Waals surface area contributed by atoms with Gasteiger partial charge in [0.1, 0.15) is 6.07 Å². The zero-order chi connectivity index (χ0) is 13.8. The Bertz CT molecular complexity index is 619. The van der Waals surface area contributed by atoms with Gasteiger partial charge in [0.15, 0.2) is 5.69 Å². The summed E-state index contributed by atoms with van der Waals surface area (Å²) in [5, 5.41) is 9.84. The van der Waals surface area contributed by atoms with Crippen molar-refractivity contribution in [1.82, 2.24) is 4.98 Å². The number of hydrogen-bond acceptors (Lipinski definition) is 3. The van der Waals surface area contributed by atoms with Crippen LogP contribution in [0.2, 0.25) is 5.02 Å². The SMILES string of the molecule is CC(c1ccccc1Cl)N(C)c1cccnc1C#N. The van der Waals surface area contributed by atoms with Gasteiger partial charge in [0, 0.05) is 18.3 Å². The molecule has 0 bridgehead atoms. The van der Waals surface area contributed by atoms with E-state index in [4.69, 9.17) is 16.9 Å². The number of nitriles is 1. The highest BCUT2D eigenvalue weighted by molar-refractivity contribution is 6.31. The van der Waals surface area contributed by atoms with Crippen molar-refractivity contribution >= 4 is 17.3 Å². The molecule has 0 aliphatic rings. The summed E-state index contributed by atoms with van der Waals surface area (Å²) in [5.74, 6) is 0.